The van der Waals surface area contributed by atoms with Gasteiger partial charge in [-0.25, -0.2) is 4.79 Å². The van der Waals surface area contributed by atoms with Crippen molar-refractivity contribution in [1.82, 2.24) is 20.5 Å². The highest BCUT2D eigenvalue weighted by Gasteiger charge is 2.34. The molecular formula is C29H30N6O4. The number of nitrogens with zero attached hydrogens (tertiary/aromatic N) is 4. The van der Waals surface area contributed by atoms with Crippen molar-refractivity contribution in [2.24, 2.45) is 0 Å². The molecule has 0 aliphatic carbocycles. The Kier molecular flexibility index (Phi) is 7.02. The molecule has 0 bridgehead atoms. The van der Waals surface area contributed by atoms with Gasteiger partial charge in [0, 0.05) is 36.6 Å². The Balaban J connectivity index is 1.54. The number of hydrogen-bond donors (Lipinski definition) is 2. The third kappa shape index (κ3) is 5.90. The van der Waals surface area contributed by atoms with Crippen LogP contribution < -0.4 is 16.0 Å². The monoisotopic (exact) mass is 526 g/mol. The van der Waals surface area contributed by atoms with E-state index in [4.69, 9.17) is 14.9 Å². The molecule has 200 valence electrons. The predicted molar refractivity (Wildman–Crippen MR) is 147 cm³/mol. The Morgan fingerprint density at radius 2 is 1.82 bits per heavy atom. The number of fused-ring (bicyclic) bond motifs is 1. The molecule has 0 unspecified atom stereocenters. The van der Waals surface area contributed by atoms with Gasteiger partial charge < -0.3 is 25.1 Å². The summed E-state index contributed by atoms with van der Waals surface area (Å²) in [7, 11) is 0. The number of carbonyl (C=O) groups excluding carboxylic acids is 2. The minimum atomic E-state index is -0.847. The SMILES string of the molecule is CC(C)(C)OC(=O)N[C@@H](Cc1ccccc1)C(=O)N1CCc2c(-c3nnc(N)o3)cc(-c3ccncc3)cc21. The molecule has 10 nitrogen and oxygen atoms in total. The molecular weight excluding hydrogens is 496 g/mol. The molecule has 3 heterocycles. The molecule has 2 aromatic heterocycles. The lowest BCUT2D eigenvalue weighted by molar-refractivity contribution is -0.120. The van der Waals surface area contributed by atoms with Crippen molar-refractivity contribution in [1.29, 1.82) is 0 Å². The summed E-state index contributed by atoms with van der Waals surface area (Å²) in [5.74, 6) is 0.0352. The van der Waals surface area contributed by atoms with E-state index in [1.165, 1.54) is 0 Å². The van der Waals surface area contributed by atoms with Gasteiger partial charge in [-0.1, -0.05) is 35.4 Å². The highest BCUT2D eigenvalue weighted by molar-refractivity contribution is 6.02. The van der Waals surface area contributed by atoms with Crippen molar-refractivity contribution in [3.63, 3.8) is 0 Å². The Morgan fingerprint density at radius 1 is 1.08 bits per heavy atom. The molecule has 3 N–H and O–H groups in total. The number of amides is 2. The predicted octanol–water partition coefficient (Wildman–Crippen LogP) is 4.41. The molecule has 4 aromatic rings. The van der Waals surface area contributed by atoms with Gasteiger partial charge in [-0.05, 0) is 73.7 Å². The molecule has 2 aromatic carbocycles. The lowest BCUT2D eigenvalue weighted by atomic mass is 9.97. The summed E-state index contributed by atoms with van der Waals surface area (Å²) in [5.41, 5.74) is 10.0. The van der Waals surface area contributed by atoms with Crippen molar-refractivity contribution < 1.29 is 18.7 Å². The zero-order valence-corrected chi connectivity index (χ0v) is 22.0. The van der Waals surface area contributed by atoms with Gasteiger partial charge in [-0.3, -0.25) is 9.78 Å². The van der Waals surface area contributed by atoms with E-state index < -0.39 is 17.7 Å². The van der Waals surface area contributed by atoms with E-state index in [1.807, 2.05) is 54.6 Å². The first kappa shape index (κ1) is 25.9. The highest BCUT2D eigenvalue weighted by atomic mass is 16.6. The zero-order chi connectivity index (χ0) is 27.6. The standard InChI is InChI=1S/C29H30N6O4/c1-29(2,3)39-28(37)32-23(15-18-7-5-4-6-8-18)26(36)35-14-11-21-22(25-33-34-27(30)38-25)16-20(17-24(21)35)19-9-12-31-13-10-19/h4-10,12-13,16-17,23H,11,14-15H2,1-3H3,(H2,30,34)(H,32,37)/t23-/m0/s1. The van der Waals surface area contributed by atoms with Crippen molar-refractivity contribution >= 4 is 23.7 Å². The summed E-state index contributed by atoms with van der Waals surface area (Å²) in [4.78, 5) is 32.7. The first-order valence-electron chi connectivity index (χ1n) is 12.7. The molecule has 0 saturated carbocycles. The average molecular weight is 527 g/mol. The van der Waals surface area contributed by atoms with Gasteiger partial charge in [0.05, 0.1) is 0 Å². The van der Waals surface area contributed by atoms with Crippen molar-refractivity contribution in [2.45, 2.75) is 45.3 Å². The number of pyridine rings is 1. The third-order valence-corrected chi connectivity index (χ3v) is 6.33. The smallest absolute Gasteiger partial charge is 0.408 e. The minimum absolute atomic E-state index is 0.0384. The summed E-state index contributed by atoms with van der Waals surface area (Å²) in [6.07, 6.45) is 3.64. The summed E-state index contributed by atoms with van der Waals surface area (Å²) in [5, 5.41) is 10.7. The second kappa shape index (κ2) is 10.6. The Bertz CT molecular complexity index is 1480. The second-order valence-corrected chi connectivity index (χ2v) is 10.3. The van der Waals surface area contributed by atoms with Crippen LogP contribution >= 0.6 is 0 Å². The number of nitrogen functional groups attached to an aromatic ring is 1. The molecule has 1 aliphatic rings. The normalized spacial score (nSPS) is 13.6. The molecule has 1 aliphatic heterocycles. The van der Waals surface area contributed by atoms with E-state index in [0.29, 0.717) is 30.6 Å². The van der Waals surface area contributed by atoms with Crippen LogP contribution in [0, 0.1) is 0 Å². The minimum Gasteiger partial charge on any atom is -0.444 e. The van der Waals surface area contributed by atoms with Gasteiger partial charge in [-0.2, -0.15) is 0 Å². The number of hydrogen-bond acceptors (Lipinski definition) is 8. The third-order valence-electron chi connectivity index (χ3n) is 6.33. The lowest BCUT2D eigenvalue weighted by Crippen LogP contribution is -2.50. The maximum Gasteiger partial charge on any atom is 0.408 e. The van der Waals surface area contributed by atoms with Gasteiger partial charge in [0.15, 0.2) is 0 Å². The summed E-state index contributed by atoms with van der Waals surface area (Å²) in [6, 6.07) is 16.4. The topological polar surface area (TPSA) is 136 Å². The van der Waals surface area contributed by atoms with Crippen LogP contribution in [0.5, 0.6) is 0 Å². The van der Waals surface area contributed by atoms with E-state index >= 15 is 0 Å². The van der Waals surface area contributed by atoms with Crippen LogP contribution in [0.25, 0.3) is 22.6 Å². The largest absolute Gasteiger partial charge is 0.444 e. The van der Waals surface area contributed by atoms with E-state index in [9.17, 15) is 9.59 Å². The molecule has 39 heavy (non-hydrogen) atoms. The van der Waals surface area contributed by atoms with Gasteiger partial charge in [0.25, 0.3) is 0 Å². The number of carbonyl (C=O) groups is 2. The van der Waals surface area contributed by atoms with Crippen LogP contribution in [0.2, 0.25) is 0 Å². The quantitative estimate of drug-likeness (QED) is 0.377. The molecule has 10 heteroatoms. The second-order valence-electron chi connectivity index (χ2n) is 10.3. The first-order chi connectivity index (χ1) is 18.7. The Labute approximate surface area is 226 Å². The van der Waals surface area contributed by atoms with Crippen LogP contribution in [0.3, 0.4) is 0 Å². The number of anilines is 2. The molecule has 1 atom stereocenters. The number of rotatable bonds is 6. The van der Waals surface area contributed by atoms with Crippen molar-refractivity contribution in [3.8, 4) is 22.6 Å². The van der Waals surface area contributed by atoms with Gasteiger partial charge >= 0.3 is 12.1 Å². The van der Waals surface area contributed by atoms with Crippen LogP contribution in [0.15, 0.2) is 71.4 Å². The number of nitrogens with one attached hydrogen (secondary N) is 1. The van der Waals surface area contributed by atoms with E-state index in [1.54, 1.807) is 38.1 Å². The maximum atomic E-state index is 14.1. The maximum absolute atomic E-state index is 14.1. The van der Waals surface area contributed by atoms with Crippen molar-refractivity contribution in [2.75, 3.05) is 17.2 Å². The molecule has 0 spiro atoms. The fraction of sp³-hybridized carbons (Fsp3) is 0.276. The highest BCUT2D eigenvalue weighted by Crippen LogP contribution is 2.40. The van der Waals surface area contributed by atoms with Gasteiger partial charge in [-0.15, -0.1) is 5.10 Å². The summed E-state index contributed by atoms with van der Waals surface area (Å²) >= 11 is 0. The number of aromatic nitrogens is 3. The van der Waals surface area contributed by atoms with E-state index in [2.05, 4.69) is 20.5 Å². The molecule has 2 amide bonds. The van der Waals surface area contributed by atoms with Crippen LogP contribution in [-0.2, 0) is 22.4 Å². The van der Waals surface area contributed by atoms with Crippen molar-refractivity contribution in [3.05, 3.63) is 78.1 Å². The Morgan fingerprint density at radius 3 is 2.49 bits per heavy atom. The molecule has 0 fully saturated rings. The van der Waals surface area contributed by atoms with E-state index in [-0.39, 0.29) is 17.8 Å². The average Bonchev–Trinajstić information content (AvgIpc) is 3.53. The summed E-state index contributed by atoms with van der Waals surface area (Å²) < 4.78 is 11.1. The summed E-state index contributed by atoms with van der Waals surface area (Å²) in [6.45, 7) is 5.77. The Hall–Kier alpha value is -4.73. The van der Waals surface area contributed by atoms with Gasteiger partial charge in [0.2, 0.25) is 11.8 Å². The van der Waals surface area contributed by atoms with Crippen LogP contribution in [-0.4, -0.2) is 45.4 Å². The zero-order valence-electron chi connectivity index (χ0n) is 22.0. The van der Waals surface area contributed by atoms with Crippen LogP contribution in [0.1, 0.15) is 31.9 Å². The number of ether oxygens (including phenoxy) is 1. The molecule has 0 radical (unpaired) electrons. The molecule has 0 saturated heterocycles. The van der Waals surface area contributed by atoms with E-state index in [0.717, 1.165) is 22.3 Å². The lowest BCUT2D eigenvalue weighted by Gasteiger charge is -2.27. The van der Waals surface area contributed by atoms with Crippen LogP contribution in [0.4, 0.5) is 16.5 Å². The fourth-order valence-electron chi connectivity index (χ4n) is 4.67. The van der Waals surface area contributed by atoms with Gasteiger partial charge in [0.1, 0.15) is 11.6 Å². The molecule has 5 rings (SSSR count). The number of nitrogens with two attached hydrogens (primary N) is 1. The first-order valence-corrected chi connectivity index (χ1v) is 12.7. The fourth-order valence-corrected chi connectivity index (χ4v) is 4.67. The number of benzene rings is 2. The number of alkyl carbamates (subject to hydrolysis) is 1.